The van der Waals surface area contributed by atoms with Gasteiger partial charge in [-0.2, -0.15) is 0 Å². The van der Waals surface area contributed by atoms with Crippen molar-refractivity contribution in [3.8, 4) is 28.7 Å². The molecule has 0 bridgehead atoms. The van der Waals surface area contributed by atoms with E-state index in [0.29, 0.717) is 0 Å². The summed E-state index contributed by atoms with van der Waals surface area (Å²) in [5.41, 5.74) is 0. The van der Waals surface area contributed by atoms with E-state index in [1.807, 2.05) is 0 Å². The molecule has 174 valence electrons. The van der Waals surface area contributed by atoms with E-state index in [1.165, 1.54) is 24.3 Å². The number of phosphoric acid groups is 1. The second-order valence-electron chi connectivity index (χ2n) is 6.92. The first-order valence-corrected chi connectivity index (χ1v) is 13.1. The molecule has 10 heteroatoms. The minimum absolute atomic E-state index is 0.0953. The van der Waals surface area contributed by atoms with E-state index in [1.54, 1.807) is 78.9 Å². The third-order valence-electron chi connectivity index (χ3n) is 4.35. The third-order valence-corrected chi connectivity index (χ3v) is 7.06. The molecule has 0 heterocycles. The lowest BCUT2D eigenvalue weighted by atomic mass is 10.3. The fourth-order valence-electron chi connectivity index (χ4n) is 2.91. The van der Waals surface area contributed by atoms with E-state index in [4.69, 9.17) is 18.1 Å². The quantitative estimate of drug-likeness (QED) is 0.273. The van der Waals surface area contributed by atoms with Crippen LogP contribution in [0, 0.1) is 0 Å². The van der Waals surface area contributed by atoms with Crippen LogP contribution in [0.1, 0.15) is 0 Å². The van der Waals surface area contributed by atoms with Gasteiger partial charge in [0.05, 0.1) is 0 Å². The second-order valence-corrected chi connectivity index (χ2v) is 10.1. The molecule has 0 amide bonds. The van der Waals surface area contributed by atoms with Crippen molar-refractivity contribution in [2.45, 2.75) is 0 Å². The lowest BCUT2D eigenvalue weighted by Gasteiger charge is -2.23. The van der Waals surface area contributed by atoms with Gasteiger partial charge in [0.1, 0.15) is 28.3 Å². The summed E-state index contributed by atoms with van der Waals surface area (Å²) in [5, 5.41) is 9.84. The molecule has 8 nitrogen and oxygen atoms in total. The normalized spacial score (nSPS) is 12.9. The van der Waals surface area contributed by atoms with Crippen LogP contribution in [0.5, 0.6) is 28.7 Å². The van der Waals surface area contributed by atoms with E-state index in [-0.39, 0.29) is 34.1 Å². The fourth-order valence-corrected chi connectivity index (χ4v) is 5.53. The van der Waals surface area contributed by atoms with Crippen LogP contribution in [0.15, 0.2) is 109 Å². The zero-order valence-electron chi connectivity index (χ0n) is 17.6. The van der Waals surface area contributed by atoms with Crippen LogP contribution < -0.4 is 23.4 Å². The van der Waals surface area contributed by atoms with Crippen LogP contribution in [0.3, 0.4) is 0 Å². The predicted molar refractivity (Wildman–Crippen MR) is 127 cm³/mol. The molecule has 0 aromatic heterocycles. The van der Waals surface area contributed by atoms with Crippen molar-refractivity contribution in [3.05, 3.63) is 109 Å². The van der Waals surface area contributed by atoms with E-state index in [0.717, 1.165) is 6.07 Å². The molecule has 34 heavy (non-hydrogen) atoms. The molecule has 2 N–H and O–H groups in total. The Morgan fingerprint density at radius 2 is 1.00 bits per heavy atom. The molecule has 4 aromatic rings. The maximum absolute atomic E-state index is 14.1. The van der Waals surface area contributed by atoms with Crippen molar-refractivity contribution in [1.82, 2.24) is 0 Å². The maximum atomic E-state index is 14.1. The maximum Gasteiger partial charge on any atom is 0.584 e. The van der Waals surface area contributed by atoms with E-state index in [9.17, 15) is 19.1 Å². The Labute approximate surface area is 196 Å². The van der Waals surface area contributed by atoms with Gasteiger partial charge in [-0.05, 0) is 48.5 Å². The van der Waals surface area contributed by atoms with Gasteiger partial charge in [0.15, 0.2) is 5.75 Å². The Bertz CT molecular complexity index is 1290. The Hall–Kier alpha value is -3.70. The highest BCUT2D eigenvalue weighted by Gasteiger charge is 2.38. The molecule has 0 aliphatic rings. The number of rotatable bonds is 9. The summed E-state index contributed by atoms with van der Waals surface area (Å²) >= 11 is 0. The number of hydrogen-bond acceptors (Lipinski definition) is 7. The monoisotopic (exact) mass is 498 g/mol. The summed E-state index contributed by atoms with van der Waals surface area (Å²) < 4.78 is 48.7. The van der Waals surface area contributed by atoms with Crippen molar-refractivity contribution in [3.63, 3.8) is 0 Å². The van der Waals surface area contributed by atoms with Gasteiger partial charge < -0.3 is 23.2 Å². The number of benzene rings is 4. The Kier molecular flexibility index (Phi) is 6.94. The number of hydrogen-bond donors (Lipinski definition) is 2. The molecule has 4 aromatic carbocycles. The summed E-state index contributed by atoms with van der Waals surface area (Å²) in [7, 11) is -9.05. The summed E-state index contributed by atoms with van der Waals surface area (Å²) in [6.45, 7) is 0. The van der Waals surface area contributed by atoms with Gasteiger partial charge in [0.25, 0.3) is 0 Å². The van der Waals surface area contributed by atoms with Crippen LogP contribution in [-0.4, -0.2) is 10.00 Å². The van der Waals surface area contributed by atoms with Crippen molar-refractivity contribution >= 4 is 20.7 Å². The molecule has 1 unspecified atom stereocenters. The Morgan fingerprint density at radius 1 is 0.559 bits per heavy atom. The van der Waals surface area contributed by atoms with Gasteiger partial charge in [-0.1, -0.05) is 54.6 Å². The number of phenolic OH excluding ortho intramolecular Hbond substituents is 1. The lowest BCUT2D eigenvalue weighted by molar-refractivity contribution is 0.291. The van der Waals surface area contributed by atoms with Crippen LogP contribution in [0.2, 0.25) is 0 Å². The van der Waals surface area contributed by atoms with E-state index in [2.05, 4.69) is 0 Å². The topological polar surface area (TPSA) is 112 Å². The third kappa shape index (κ3) is 6.00. The molecule has 0 saturated heterocycles. The van der Waals surface area contributed by atoms with Crippen molar-refractivity contribution in [2.24, 2.45) is 0 Å². The van der Waals surface area contributed by atoms with Crippen LogP contribution in [-0.2, 0) is 9.13 Å². The molecule has 1 atom stereocenters. The zero-order chi connectivity index (χ0) is 24.0. The average molecular weight is 498 g/mol. The largest absolute Gasteiger partial charge is 0.584 e. The van der Waals surface area contributed by atoms with Crippen molar-refractivity contribution in [2.75, 3.05) is 0 Å². The first-order valence-electron chi connectivity index (χ1n) is 10.0. The first-order chi connectivity index (χ1) is 16.3. The Balaban J connectivity index is 1.74. The van der Waals surface area contributed by atoms with Gasteiger partial charge in [-0.15, -0.1) is 0 Å². The summed E-state index contributed by atoms with van der Waals surface area (Å²) in [6, 6.07) is 27.9. The van der Waals surface area contributed by atoms with Gasteiger partial charge in [0.2, 0.25) is 0 Å². The molecule has 0 aliphatic heterocycles. The summed E-state index contributed by atoms with van der Waals surface area (Å²) in [5.74, 6) is -0.0899. The van der Waals surface area contributed by atoms with Gasteiger partial charge in [-0.3, -0.25) is 4.89 Å². The number of phenols is 1. The number of phosphoric ester groups is 1. The van der Waals surface area contributed by atoms with Gasteiger partial charge >= 0.3 is 15.4 Å². The molecule has 0 radical (unpaired) electrons. The van der Waals surface area contributed by atoms with Crippen LogP contribution in [0.25, 0.3) is 0 Å². The van der Waals surface area contributed by atoms with Gasteiger partial charge in [-0.25, -0.2) is 9.13 Å². The van der Waals surface area contributed by atoms with Gasteiger partial charge in [0, 0.05) is 6.07 Å². The number of aromatic hydroxyl groups is 1. The molecule has 0 saturated carbocycles. The first kappa shape index (κ1) is 23.5. The lowest BCUT2D eigenvalue weighted by Crippen LogP contribution is -2.18. The molecule has 0 spiro atoms. The average Bonchev–Trinajstić information content (AvgIpc) is 2.81. The van der Waals surface area contributed by atoms with Crippen LogP contribution >= 0.6 is 15.4 Å². The Morgan fingerprint density at radius 3 is 1.47 bits per heavy atom. The molecule has 0 aliphatic carbocycles. The molecular formula is C24H20O8P2. The van der Waals surface area contributed by atoms with E-state index >= 15 is 0 Å². The predicted octanol–water partition coefficient (Wildman–Crippen LogP) is 5.93. The summed E-state index contributed by atoms with van der Waals surface area (Å²) in [6.07, 6.45) is 0. The smallest absolute Gasteiger partial charge is 0.508 e. The molecule has 4 rings (SSSR count). The highest BCUT2D eigenvalue weighted by molar-refractivity contribution is 7.63. The van der Waals surface area contributed by atoms with Crippen molar-refractivity contribution < 1.29 is 37.2 Å². The second kappa shape index (κ2) is 10.1. The van der Waals surface area contributed by atoms with E-state index < -0.39 is 15.4 Å². The standard InChI is InChI=1S/C24H20O8P2/c25-19-16-17-23(32-34(27,28)31-22-14-8-3-9-15-22)24(18-19)33(26,29-20-10-4-1-5-11-20)30-21-12-6-2-7-13-21/h1-18,25H,(H,27,28). The molecular weight excluding hydrogens is 478 g/mol. The highest BCUT2D eigenvalue weighted by atomic mass is 31.2. The fraction of sp³-hybridized carbons (Fsp3) is 0. The molecule has 0 fully saturated rings. The zero-order valence-corrected chi connectivity index (χ0v) is 19.4. The summed E-state index contributed by atoms with van der Waals surface area (Å²) in [4.78, 5) is 10.3. The SMILES string of the molecule is O=P(O)(Oc1ccccc1)Oc1ccc(O)cc1P(=O)(Oc1ccccc1)Oc1ccccc1. The minimum Gasteiger partial charge on any atom is -0.508 e. The highest BCUT2D eigenvalue weighted by Crippen LogP contribution is 2.53. The number of para-hydroxylation sites is 3. The van der Waals surface area contributed by atoms with Crippen molar-refractivity contribution in [1.29, 1.82) is 0 Å². The van der Waals surface area contributed by atoms with Crippen LogP contribution in [0.4, 0.5) is 0 Å². The minimum atomic E-state index is -4.73.